The molecule has 0 saturated carbocycles. The van der Waals surface area contributed by atoms with Crippen LogP contribution in [0.2, 0.25) is 0 Å². The van der Waals surface area contributed by atoms with Crippen LogP contribution in [0.4, 0.5) is 4.79 Å². The van der Waals surface area contributed by atoms with Crippen molar-refractivity contribution in [2.45, 2.75) is 32.4 Å². The molecule has 1 aromatic rings. The number of carbonyl (C=O) groups is 3. The predicted molar refractivity (Wildman–Crippen MR) is 71.1 cm³/mol. The predicted octanol–water partition coefficient (Wildman–Crippen LogP) is 1.74. The molecular weight excluding hydrogens is 262 g/mol. The minimum atomic E-state index is -1.67. The third kappa shape index (κ3) is 4.72. The van der Waals surface area contributed by atoms with Crippen LogP contribution in [0.3, 0.4) is 0 Å². The molecule has 0 aliphatic rings. The molecule has 0 aliphatic carbocycles. The number of aliphatic carboxylic acids is 1. The van der Waals surface area contributed by atoms with Gasteiger partial charge in [-0.1, -0.05) is 30.3 Å². The molecule has 1 rings (SSSR count). The maximum atomic E-state index is 11.6. The Bertz CT molecular complexity index is 500. The molecule has 108 valence electrons. The molecule has 0 saturated heterocycles. The van der Waals surface area contributed by atoms with Gasteiger partial charge in [0.2, 0.25) is 0 Å². The Balaban J connectivity index is 2.59. The van der Waals surface area contributed by atoms with E-state index in [0.29, 0.717) is 0 Å². The van der Waals surface area contributed by atoms with E-state index in [-0.39, 0.29) is 18.8 Å². The van der Waals surface area contributed by atoms with Crippen molar-refractivity contribution >= 4 is 17.8 Å². The summed E-state index contributed by atoms with van der Waals surface area (Å²) in [6, 6.07) is 8.98. The summed E-state index contributed by atoms with van der Waals surface area (Å²) in [7, 11) is 0. The Morgan fingerprint density at radius 3 is 2.35 bits per heavy atom. The van der Waals surface area contributed by atoms with Crippen LogP contribution >= 0.6 is 0 Å². The van der Waals surface area contributed by atoms with Crippen LogP contribution in [0, 0.1) is 0 Å². The highest BCUT2D eigenvalue weighted by molar-refractivity contribution is 5.90. The fraction of sp³-hybridized carbons (Fsp3) is 0.357. The Morgan fingerprint density at radius 1 is 1.25 bits per heavy atom. The number of rotatable bonds is 6. The van der Waals surface area contributed by atoms with E-state index in [1.165, 1.54) is 13.8 Å². The number of Topliss-reactive ketones (excluding diaryl/α,β-unsaturated/α-hetero) is 1. The summed E-state index contributed by atoms with van der Waals surface area (Å²) in [4.78, 5) is 33.8. The topological polar surface area (TPSA) is 92.7 Å². The lowest BCUT2D eigenvalue weighted by Crippen LogP contribution is -2.53. The van der Waals surface area contributed by atoms with Gasteiger partial charge in [0, 0.05) is 6.42 Å². The van der Waals surface area contributed by atoms with Crippen LogP contribution in [0.1, 0.15) is 25.8 Å². The van der Waals surface area contributed by atoms with Gasteiger partial charge in [0.15, 0.2) is 0 Å². The van der Waals surface area contributed by atoms with E-state index >= 15 is 0 Å². The number of benzene rings is 1. The number of carboxylic acids is 1. The highest BCUT2D eigenvalue weighted by atomic mass is 16.5. The number of carboxylic acid groups (broad SMARTS) is 1. The third-order valence-corrected chi connectivity index (χ3v) is 2.67. The second kappa shape index (κ2) is 6.70. The van der Waals surface area contributed by atoms with Crippen LogP contribution in [0.5, 0.6) is 0 Å². The van der Waals surface area contributed by atoms with E-state index in [1.807, 2.05) is 6.07 Å². The van der Waals surface area contributed by atoms with Crippen molar-refractivity contribution in [2.75, 3.05) is 0 Å². The van der Waals surface area contributed by atoms with Gasteiger partial charge in [-0.3, -0.25) is 4.79 Å². The molecular formula is C14H17NO5. The fourth-order valence-corrected chi connectivity index (χ4v) is 1.66. The van der Waals surface area contributed by atoms with Gasteiger partial charge in [-0.25, -0.2) is 9.59 Å². The first kappa shape index (κ1) is 15.7. The van der Waals surface area contributed by atoms with E-state index in [0.717, 1.165) is 5.56 Å². The quantitative estimate of drug-likeness (QED) is 0.827. The maximum Gasteiger partial charge on any atom is 0.408 e. The fourth-order valence-electron chi connectivity index (χ4n) is 1.66. The van der Waals surface area contributed by atoms with Crippen molar-refractivity contribution in [1.82, 2.24) is 5.32 Å². The number of ketones is 1. The summed E-state index contributed by atoms with van der Waals surface area (Å²) < 4.78 is 4.93. The zero-order chi connectivity index (χ0) is 15.2. The molecule has 1 aromatic carbocycles. The second-order valence-electron chi connectivity index (χ2n) is 4.70. The van der Waals surface area contributed by atoms with Crippen molar-refractivity contribution in [3.63, 3.8) is 0 Å². The largest absolute Gasteiger partial charge is 0.480 e. The van der Waals surface area contributed by atoms with Crippen LogP contribution in [-0.2, 0) is 20.9 Å². The molecule has 0 aromatic heterocycles. The zero-order valence-corrected chi connectivity index (χ0v) is 11.4. The average molecular weight is 279 g/mol. The molecule has 0 heterocycles. The maximum absolute atomic E-state index is 11.6. The summed E-state index contributed by atoms with van der Waals surface area (Å²) in [5.74, 6) is -1.62. The lowest BCUT2D eigenvalue weighted by Gasteiger charge is -2.24. The Hall–Kier alpha value is -2.37. The van der Waals surface area contributed by atoms with Gasteiger partial charge in [0.05, 0.1) is 0 Å². The zero-order valence-electron chi connectivity index (χ0n) is 11.4. The van der Waals surface area contributed by atoms with Gasteiger partial charge in [0.1, 0.15) is 17.9 Å². The molecule has 0 radical (unpaired) electrons. The van der Waals surface area contributed by atoms with Crippen molar-refractivity contribution < 1.29 is 24.2 Å². The highest BCUT2D eigenvalue weighted by Gasteiger charge is 2.36. The molecule has 0 aliphatic heterocycles. The van der Waals surface area contributed by atoms with Gasteiger partial charge in [0.25, 0.3) is 0 Å². The van der Waals surface area contributed by atoms with E-state index in [9.17, 15) is 14.4 Å². The Kier molecular flexibility index (Phi) is 5.25. The van der Waals surface area contributed by atoms with Crippen molar-refractivity contribution in [1.29, 1.82) is 0 Å². The number of hydrogen-bond donors (Lipinski definition) is 2. The second-order valence-corrected chi connectivity index (χ2v) is 4.70. The number of amides is 1. The monoisotopic (exact) mass is 279 g/mol. The molecule has 6 nitrogen and oxygen atoms in total. The number of alkyl carbamates (subject to hydrolysis) is 1. The van der Waals surface area contributed by atoms with Crippen molar-refractivity contribution in [3.05, 3.63) is 35.9 Å². The van der Waals surface area contributed by atoms with E-state index < -0.39 is 17.6 Å². The average Bonchev–Trinajstić information content (AvgIpc) is 2.36. The molecule has 0 spiro atoms. The Labute approximate surface area is 116 Å². The molecule has 0 unspecified atom stereocenters. The van der Waals surface area contributed by atoms with Crippen molar-refractivity contribution in [3.8, 4) is 0 Å². The SMILES string of the molecule is CC(=O)C[C@](C)(NC(=O)OCc1ccccc1)C(=O)O. The van der Waals surface area contributed by atoms with E-state index in [2.05, 4.69) is 5.32 Å². The number of ether oxygens (including phenoxy) is 1. The summed E-state index contributed by atoms with van der Waals surface area (Å²) in [6.45, 7) is 2.56. The normalized spacial score (nSPS) is 13.1. The van der Waals surface area contributed by atoms with Crippen molar-refractivity contribution in [2.24, 2.45) is 0 Å². The summed E-state index contributed by atoms with van der Waals surface area (Å²) in [5.41, 5.74) is -0.883. The summed E-state index contributed by atoms with van der Waals surface area (Å²) in [5, 5.41) is 11.3. The number of nitrogens with one attached hydrogen (secondary N) is 1. The van der Waals surface area contributed by atoms with Gasteiger partial charge >= 0.3 is 12.1 Å². The van der Waals surface area contributed by atoms with Crippen LogP contribution in [-0.4, -0.2) is 28.5 Å². The molecule has 0 fully saturated rings. The lowest BCUT2D eigenvalue weighted by molar-refractivity contribution is -0.145. The molecule has 20 heavy (non-hydrogen) atoms. The smallest absolute Gasteiger partial charge is 0.408 e. The van der Waals surface area contributed by atoms with Crippen LogP contribution < -0.4 is 5.32 Å². The number of carbonyl (C=O) groups excluding carboxylic acids is 2. The molecule has 1 amide bonds. The van der Waals surface area contributed by atoms with Crippen LogP contribution in [0.15, 0.2) is 30.3 Å². The molecule has 0 bridgehead atoms. The third-order valence-electron chi connectivity index (χ3n) is 2.67. The van der Waals surface area contributed by atoms with E-state index in [1.54, 1.807) is 24.3 Å². The van der Waals surface area contributed by atoms with Gasteiger partial charge < -0.3 is 15.2 Å². The summed E-state index contributed by atoms with van der Waals surface area (Å²) in [6.07, 6.45) is -1.18. The van der Waals surface area contributed by atoms with Crippen LogP contribution in [0.25, 0.3) is 0 Å². The van der Waals surface area contributed by atoms with E-state index in [4.69, 9.17) is 9.84 Å². The first-order valence-corrected chi connectivity index (χ1v) is 6.05. The highest BCUT2D eigenvalue weighted by Crippen LogP contribution is 2.11. The number of hydrogen-bond acceptors (Lipinski definition) is 4. The van der Waals surface area contributed by atoms with Gasteiger partial charge in [-0.15, -0.1) is 0 Å². The van der Waals surface area contributed by atoms with Gasteiger partial charge in [-0.2, -0.15) is 0 Å². The van der Waals surface area contributed by atoms with Gasteiger partial charge in [-0.05, 0) is 19.4 Å². The minimum absolute atomic E-state index is 0.0302. The minimum Gasteiger partial charge on any atom is -0.480 e. The lowest BCUT2D eigenvalue weighted by atomic mass is 9.96. The first-order chi connectivity index (χ1) is 9.33. The Morgan fingerprint density at radius 2 is 1.85 bits per heavy atom. The standard InChI is InChI=1S/C14H17NO5/c1-10(16)8-14(2,12(17)18)15-13(19)20-9-11-6-4-3-5-7-11/h3-7H,8-9H2,1-2H3,(H,15,19)(H,17,18)/t14-/m0/s1. The molecule has 6 heteroatoms. The molecule has 2 N–H and O–H groups in total. The molecule has 1 atom stereocenters. The first-order valence-electron chi connectivity index (χ1n) is 6.05. The summed E-state index contributed by atoms with van der Waals surface area (Å²) >= 11 is 0.